The molecule has 0 aliphatic carbocycles. The first-order valence-corrected chi connectivity index (χ1v) is 5.31. The van der Waals surface area contributed by atoms with Crippen LogP contribution in [-0.2, 0) is 5.33 Å². The zero-order chi connectivity index (χ0) is 10.9. The number of hydrogen-bond acceptors (Lipinski definition) is 3. The molecule has 1 rings (SSSR count). The van der Waals surface area contributed by atoms with Crippen molar-refractivity contribution in [2.45, 2.75) is 26.1 Å². The maximum Gasteiger partial charge on any atom is 0.164 e. The fraction of sp³-hybridized carbons (Fsp3) is 0.400. The second-order valence-corrected chi connectivity index (χ2v) is 3.64. The first-order chi connectivity index (χ1) is 6.49. The topological polar surface area (TPSA) is 47.3 Å². The van der Waals surface area contributed by atoms with Crippen molar-refractivity contribution in [3.8, 4) is 0 Å². The fourth-order valence-electron chi connectivity index (χ4n) is 1.49. The van der Waals surface area contributed by atoms with Crippen molar-refractivity contribution in [2.24, 2.45) is 0 Å². The Hall–Kier alpha value is -0.900. The third-order valence-electron chi connectivity index (χ3n) is 1.98. The second kappa shape index (κ2) is 4.09. The molecular weight excluding hydrogens is 248 g/mol. The predicted octanol–water partition coefficient (Wildman–Crippen LogP) is 2.89. The summed E-state index contributed by atoms with van der Waals surface area (Å²) in [5, 5.41) is 0.441. The summed E-state index contributed by atoms with van der Waals surface area (Å²) in [5.74, 6) is 0.766. The van der Waals surface area contributed by atoms with E-state index in [2.05, 4.69) is 15.9 Å². The Balaban J connectivity index is 3.46. The van der Waals surface area contributed by atoms with Crippen molar-refractivity contribution in [2.75, 3.05) is 0 Å². The number of halogens is 1. The number of carbonyl (C=O) groups excluding carboxylic acids is 2. The molecule has 0 bridgehead atoms. The van der Waals surface area contributed by atoms with Gasteiger partial charge in [-0.3, -0.25) is 9.59 Å². The summed E-state index contributed by atoms with van der Waals surface area (Å²) in [4.78, 5) is 22.6. The summed E-state index contributed by atoms with van der Waals surface area (Å²) in [5.41, 5.74) is 0.818. The molecule has 1 aromatic rings. The number of hydrogen-bond donors (Lipinski definition) is 0. The Kier molecular flexibility index (Phi) is 3.26. The first-order valence-electron chi connectivity index (χ1n) is 4.19. The maximum absolute atomic E-state index is 11.3. The number of Topliss-reactive ketones (excluding diaryl/α,β-unsaturated/α-hetero) is 2. The molecule has 0 aliphatic heterocycles. The molecule has 1 heterocycles. The van der Waals surface area contributed by atoms with E-state index in [1.165, 1.54) is 13.8 Å². The van der Waals surface area contributed by atoms with E-state index >= 15 is 0 Å². The summed E-state index contributed by atoms with van der Waals surface area (Å²) in [6, 6.07) is 0. The van der Waals surface area contributed by atoms with Crippen LogP contribution >= 0.6 is 15.9 Å². The molecule has 76 valence electrons. The average molecular weight is 259 g/mol. The highest BCUT2D eigenvalue weighted by Crippen LogP contribution is 2.25. The zero-order valence-electron chi connectivity index (χ0n) is 8.31. The molecule has 0 fully saturated rings. The van der Waals surface area contributed by atoms with Gasteiger partial charge in [-0.05, 0) is 20.8 Å². The van der Waals surface area contributed by atoms with Crippen LogP contribution in [0.3, 0.4) is 0 Å². The summed E-state index contributed by atoms with van der Waals surface area (Å²) in [7, 11) is 0. The van der Waals surface area contributed by atoms with Gasteiger partial charge in [0.25, 0.3) is 0 Å². The number of rotatable bonds is 3. The number of carbonyl (C=O) groups is 2. The van der Waals surface area contributed by atoms with Gasteiger partial charge in [0.15, 0.2) is 11.6 Å². The Labute approximate surface area is 90.6 Å². The lowest BCUT2D eigenvalue weighted by Gasteiger charge is -1.96. The molecule has 0 N–H and O–H groups in total. The van der Waals surface area contributed by atoms with Crippen LogP contribution in [0.25, 0.3) is 0 Å². The Morgan fingerprint density at radius 2 is 1.71 bits per heavy atom. The highest BCUT2D eigenvalue weighted by molar-refractivity contribution is 9.08. The van der Waals surface area contributed by atoms with Gasteiger partial charge in [-0.2, -0.15) is 0 Å². The molecular formula is C10H11BrO3. The Morgan fingerprint density at radius 3 is 2.07 bits per heavy atom. The van der Waals surface area contributed by atoms with E-state index < -0.39 is 0 Å². The second-order valence-electron chi connectivity index (χ2n) is 3.08. The van der Waals surface area contributed by atoms with E-state index in [0.717, 1.165) is 0 Å². The zero-order valence-corrected chi connectivity index (χ0v) is 9.90. The van der Waals surface area contributed by atoms with E-state index in [9.17, 15) is 9.59 Å². The molecule has 0 amide bonds. The Bertz CT molecular complexity index is 390. The lowest BCUT2D eigenvalue weighted by molar-refractivity contribution is 0.0981. The van der Waals surface area contributed by atoms with E-state index in [4.69, 9.17) is 4.42 Å². The van der Waals surface area contributed by atoms with Crippen molar-refractivity contribution >= 4 is 27.5 Å². The molecule has 0 atom stereocenters. The van der Waals surface area contributed by atoms with Crippen molar-refractivity contribution in [1.82, 2.24) is 0 Å². The lowest BCUT2D eigenvalue weighted by Crippen LogP contribution is -2.03. The summed E-state index contributed by atoms with van der Waals surface area (Å²) in [6.07, 6.45) is 0. The van der Waals surface area contributed by atoms with Crippen molar-refractivity contribution < 1.29 is 14.0 Å². The van der Waals surface area contributed by atoms with Crippen LogP contribution in [-0.4, -0.2) is 11.6 Å². The molecule has 0 saturated heterocycles. The van der Waals surface area contributed by atoms with Crippen LogP contribution in [0.15, 0.2) is 4.42 Å². The normalized spacial score (nSPS) is 10.3. The molecule has 0 radical (unpaired) electrons. The highest BCUT2D eigenvalue weighted by atomic mass is 79.9. The molecule has 3 nitrogen and oxygen atoms in total. The van der Waals surface area contributed by atoms with Gasteiger partial charge in [0, 0.05) is 0 Å². The quantitative estimate of drug-likeness (QED) is 0.619. The predicted molar refractivity (Wildman–Crippen MR) is 56.1 cm³/mol. The maximum atomic E-state index is 11.3. The van der Waals surface area contributed by atoms with Crippen molar-refractivity contribution in [3.63, 3.8) is 0 Å². The van der Waals surface area contributed by atoms with Crippen LogP contribution in [0.1, 0.15) is 46.1 Å². The fourth-order valence-corrected chi connectivity index (χ4v) is 1.89. The number of aryl methyl sites for hydroxylation is 1. The molecule has 0 spiro atoms. The lowest BCUT2D eigenvalue weighted by atomic mass is 10.0. The average Bonchev–Trinajstić information content (AvgIpc) is 2.41. The van der Waals surface area contributed by atoms with Gasteiger partial charge in [-0.25, -0.2) is 0 Å². The standard InChI is InChI=1S/C10H11BrO3/c1-5(12)9-7(3)14-8(4-11)10(9)6(2)13/h4H2,1-3H3. The van der Waals surface area contributed by atoms with E-state index in [1.54, 1.807) is 6.92 Å². The SMILES string of the molecule is CC(=O)c1c(C)oc(CBr)c1C(C)=O. The van der Waals surface area contributed by atoms with Crippen molar-refractivity contribution in [3.05, 3.63) is 22.6 Å². The van der Waals surface area contributed by atoms with Gasteiger partial charge in [-0.15, -0.1) is 0 Å². The van der Waals surface area contributed by atoms with E-state index in [0.29, 0.717) is 28.0 Å². The Morgan fingerprint density at radius 1 is 1.21 bits per heavy atom. The van der Waals surface area contributed by atoms with Crippen molar-refractivity contribution in [1.29, 1.82) is 0 Å². The van der Waals surface area contributed by atoms with Gasteiger partial charge in [0.2, 0.25) is 0 Å². The summed E-state index contributed by atoms with van der Waals surface area (Å²) >= 11 is 3.22. The van der Waals surface area contributed by atoms with Gasteiger partial charge in [0.1, 0.15) is 11.5 Å². The smallest absolute Gasteiger partial charge is 0.164 e. The third kappa shape index (κ3) is 1.80. The molecule has 0 aromatic carbocycles. The monoisotopic (exact) mass is 258 g/mol. The van der Waals surface area contributed by atoms with Gasteiger partial charge in [0.05, 0.1) is 16.5 Å². The van der Waals surface area contributed by atoms with Crippen LogP contribution in [0.2, 0.25) is 0 Å². The van der Waals surface area contributed by atoms with Gasteiger partial charge >= 0.3 is 0 Å². The van der Waals surface area contributed by atoms with Crippen LogP contribution in [0.5, 0.6) is 0 Å². The molecule has 14 heavy (non-hydrogen) atoms. The molecule has 0 saturated carbocycles. The van der Waals surface area contributed by atoms with Gasteiger partial charge < -0.3 is 4.42 Å². The molecule has 0 unspecified atom stereocenters. The minimum Gasteiger partial charge on any atom is -0.464 e. The largest absolute Gasteiger partial charge is 0.464 e. The minimum atomic E-state index is -0.137. The van der Waals surface area contributed by atoms with Gasteiger partial charge in [-0.1, -0.05) is 15.9 Å². The van der Waals surface area contributed by atoms with E-state index in [-0.39, 0.29) is 11.6 Å². The van der Waals surface area contributed by atoms with Crippen LogP contribution < -0.4 is 0 Å². The van der Waals surface area contributed by atoms with Crippen LogP contribution in [0, 0.1) is 6.92 Å². The number of alkyl halides is 1. The minimum absolute atomic E-state index is 0.136. The summed E-state index contributed by atoms with van der Waals surface area (Å²) < 4.78 is 5.33. The summed E-state index contributed by atoms with van der Waals surface area (Å²) in [6.45, 7) is 4.56. The van der Waals surface area contributed by atoms with E-state index in [1.807, 2.05) is 0 Å². The molecule has 1 aromatic heterocycles. The number of furan rings is 1. The number of ketones is 2. The molecule has 4 heteroatoms. The third-order valence-corrected chi connectivity index (χ3v) is 2.49. The van der Waals surface area contributed by atoms with Crippen LogP contribution in [0.4, 0.5) is 0 Å². The first kappa shape index (κ1) is 11.2. The highest BCUT2D eigenvalue weighted by Gasteiger charge is 2.22. The molecule has 0 aliphatic rings.